The number of H-pyrrole nitrogens is 1. The van der Waals surface area contributed by atoms with Gasteiger partial charge in [0.15, 0.2) is 0 Å². The number of rotatable bonds is 0. The molecule has 1 aromatic rings. The van der Waals surface area contributed by atoms with Crippen molar-refractivity contribution in [3.05, 3.63) is 17.8 Å². The van der Waals surface area contributed by atoms with Gasteiger partial charge in [-0.25, -0.2) is 0 Å². The second kappa shape index (κ2) is 4.62. The molecule has 0 saturated heterocycles. The van der Waals surface area contributed by atoms with Crippen LogP contribution < -0.4 is 13.7 Å². The Kier molecular flexibility index (Phi) is 5.93. The second-order valence-electron chi connectivity index (χ2n) is 1.45. The molecule has 54 valence electrons. The zero-order chi connectivity index (χ0) is 5.28. The van der Waals surface area contributed by atoms with Crippen molar-refractivity contribution in [1.82, 2.24) is 4.98 Å². The number of aromatic nitrogens is 1. The summed E-state index contributed by atoms with van der Waals surface area (Å²) < 4.78 is 1.15. The zero-order valence-electron chi connectivity index (χ0n) is 4.74. The van der Waals surface area contributed by atoms with Crippen LogP contribution in [0.4, 0.5) is 0 Å². The van der Waals surface area contributed by atoms with Crippen LogP contribution in [0.3, 0.4) is 0 Å². The van der Waals surface area contributed by atoms with Crippen LogP contribution in [-0.4, -0.2) is 4.98 Å². The molecule has 1 rings (SSSR count). The Labute approximate surface area is 62.3 Å². The number of hydrogen-bond donors (Lipinski definition) is 1. The summed E-state index contributed by atoms with van der Waals surface area (Å²) in [6, 6.07) is 2.04. The standard InChI is InChI=1S/C5H6N.2FH.Rh/c1-5-2-3-6-4-5;;;/h2-3,6H,1H3;2*1H;/q;;;+2/p-2. The van der Waals surface area contributed by atoms with Crippen LogP contribution in [0.5, 0.6) is 0 Å². The van der Waals surface area contributed by atoms with Gasteiger partial charge in [-0.3, -0.25) is 0 Å². The molecule has 0 unspecified atom stereocenters. The first kappa shape index (κ1) is 11.5. The molecule has 0 atom stereocenters. The van der Waals surface area contributed by atoms with E-state index in [1.807, 2.05) is 12.3 Å². The third kappa shape index (κ3) is 2.71. The van der Waals surface area contributed by atoms with Gasteiger partial charge in [0.05, 0.1) is 0 Å². The number of aryl methyl sites for hydroxylation is 1. The van der Waals surface area contributed by atoms with E-state index in [4.69, 9.17) is 0 Å². The van der Waals surface area contributed by atoms with E-state index in [1.54, 1.807) is 0 Å². The quantitative estimate of drug-likeness (QED) is 0.421. The van der Waals surface area contributed by atoms with Crippen molar-refractivity contribution >= 4 is 4.29 Å². The van der Waals surface area contributed by atoms with Crippen LogP contribution in [-0.2, 0) is 18.3 Å². The Morgan fingerprint density at radius 3 is 2.11 bits per heavy atom. The summed E-state index contributed by atoms with van der Waals surface area (Å²) in [5.41, 5.74) is 1.28. The largest absolute Gasteiger partial charge is 1.00 e. The molecule has 9 heavy (non-hydrogen) atoms. The van der Waals surface area contributed by atoms with Crippen molar-refractivity contribution in [2.75, 3.05) is 0 Å². The van der Waals surface area contributed by atoms with Gasteiger partial charge in [-0.1, -0.05) is 0 Å². The van der Waals surface area contributed by atoms with Crippen LogP contribution in [0.25, 0.3) is 0 Å². The van der Waals surface area contributed by atoms with E-state index < -0.39 is 0 Å². The molecule has 0 aliphatic carbocycles. The molecule has 0 fully saturated rings. The zero-order valence-corrected chi connectivity index (χ0v) is 6.38. The molecule has 4 heteroatoms. The molecular weight excluding hydrogens is 215 g/mol. The minimum atomic E-state index is 0. The van der Waals surface area contributed by atoms with Crippen molar-refractivity contribution in [1.29, 1.82) is 0 Å². The molecule has 1 nitrogen and oxygen atoms in total. The Morgan fingerprint density at radius 1 is 1.44 bits per heavy atom. The molecule has 0 aliphatic heterocycles. The first-order chi connectivity index (χ1) is 3.30. The van der Waals surface area contributed by atoms with Gasteiger partial charge in [-0.2, -0.15) is 0 Å². The van der Waals surface area contributed by atoms with Gasteiger partial charge in [0, 0.05) is 0 Å². The van der Waals surface area contributed by atoms with Gasteiger partial charge >= 0.3 is 52.3 Å². The average molecular weight is 221 g/mol. The fraction of sp³-hybridized carbons (Fsp3) is 0.200. The number of halogens is 2. The summed E-state index contributed by atoms with van der Waals surface area (Å²) in [7, 11) is 0. The van der Waals surface area contributed by atoms with Crippen LogP contribution in [0.2, 0.25) is 0 Å². The van der Waals surface area contributed by atoms with E-state index in [1.165, 1.54) is 5.56 Å². The molecule has 1 N–H and O–H groups in total. The van der Waals surface area contributed by atoms with E-state index in [2.05, 4.69) is 30.2 Å². The number of hydrogen-bond acceptors (Lipinski definition) is 0. The molecule has 1 aromatic heterocycles. The minimum Gasteiger partial charge on any atom is -1.00 e. The van der Waals surface area contributed by atoms with Crippen molar-refractivity contribution in [2.45, 2.75) is 6.92 Å². The van der Waals surface area contributed by atoms with Crippen molar-refractivity contribution in [3.63, 3.8) is 0 Å². The maximum Gasteiger partial charge on any atom is -1.00 e. The summed E-state index contributed by atoms with van der Waals surface area (Å²) in [5, 5.41) is 0. The van der Waals surface area contributed by atoms with Crippen molar-refractivity contribution in [3.8, 4) is 0 Å². The SMILES string of the molecule is Cc1cc[nH][c]1[Rh+2].[F-].[F-]. The maximum atomic E-state index is 3.02. The van der Waals surface area contributed by atoms with Crippen LogP contribution >= 0.6 is 0 Å². The Morgan fingerprint density at radius 2 is 2.00 bits per heavy atom. The van der Waals surface area contributed by atoms with Gasteiger partial charge in [0.1, 0.15) is 0 Å². The van der Waals surface area contributed by atoms with Gasteiger partial charge < -0.3 is 9.41 Å². The Hall–Kier alpha value is -0.237. The Bertz CT molecular complexity index is 147. The van der Waals surface area contributed by atoms with Crippen LogP contribution in [0.1, 0.15) is 5.56 Å². The molecule has 0 spiro atoms. The predicted molar refractivity (Wildman–Crippen MR) is 25.2 cm³/mol. The van der Waals surface area contributed by atoms with Crippen molar-refractivity contribution in [2.24, 2.45) is 0 Å². The summed E-state index contributed by atoms with van der Waals surface area (Å²) in [5.74, 6) is 0. The molecule has 0 saturated carbocycles. The molecule has 0 bridgehead atoms. The van der Waals surface area contributed by atoms with E-state index in [0.29, 0.717) is 0 Å². The van der Waals surface area contributed by atoms with E-state index in [9.17, 15) is 0 Å². The summed E-state index contributed by atoms with van der Waals surface area (Å²) in [4.78, 5) is 3.02. The third-order valence-corrected chi connectivity index (χ3v) is 1.75. The number of aromatic amines is 1. The minimum absolute atomic E-state index is 0. The van der Waals surface area contributed by atoms with Gasteiger partial charge in [-0.15, -0.1) is 0 Å². The molecule has 0 amide bonds. The smallest absolute Gasteiger partial charge is 1.00 e. The topological polar surface area (TPSA) is 15.8 Å². The Balaban J connectivity index is 0. The van der Waals surface area contributed by atoms with Gasteiger partial charge in [-0.05, 0) is 0 Å². The van der Waals surface area contributed by atoms with E-state index >= 15 is 0 Å². The van der Waals surface area contributed by atoms with Crippen LogP contribution in [0.15, 0.2) is 12.3 Å². The fourth-order valence-corrected chi connectivity index (χ4v) is 0.693. The first-order valence-corrected chi connectivity index (χ1v) is 2.90. The summed E-state index contributed by atoms with van der Waals surface area (Å²) in [6.45, 7) is 2.06. The van der Waals surface area contributed by atoms with Gasteiger partial charge in [0.2, 0.25) is 0 Å². The molecule has 0 aliphatic rings. The molecule has 1 heterocycles. The fourth-order valence-electron chi connectivity index (χ4n) is 0.419. The van der Waals surface area contributed by atoms with Crippen molar-refractivity contribution < 1.29 is 27.7 Å². The van der Waals surface area contributed by atoms with Crippen LogP contribution in [0, 0.1) is 6.92 Å². The third-order valence-electron chi connectivity index (χ3n) is 0.866. The number of nitrogens with one attached hydrogen (secondary N) is 1. The molecule has 0 aromatic carbocycles. The normalized spacial score (nSPS) is 7.33. The molecular formula is C5H6F2NRh. The average Bonchev–Trinajstić information content (AvgIpc) is 1.91. The first-order valence-electron chi connectivity index (χ1n) is 2.08. The molecule has 0 radical (unpaired) electrons. The summed E-state index contributed by atoms with van der Waals surface area (Å²) in [6.07, 6.45) is 1.92. The van der Waals surface area contributed by atoms with E-state index in [-0.39, 0.29) is 9.41 Å². The summed E-state index contributed by atoms with van der Waals surface area (Å²) >= 11 is 2.80. The predicted octanol–water partition coefficient (Wildman–Crippen LogP) is -5.50. The maximum absolute atomic E-state index is 3.02. The second-order valence-corrected chi connectivity index (χ2v) is 2.27. The van der Waals surface area contributed by atoms with E-state index in [0.717, 1.165) is 4.29 Å². The monoisotopic (exact) mass is 221 g/mol. The van der Waals surface area contributed by atoms with Gasteiger partial charge in [0.25, 0.3) is 0 Å².